The Hall–Kier alpha value is -3.61. The fraction of sp³-hybridized carbons (Fsp3) is 0.261. The maximum absolute atomic E-state index is 5.47. The third kappa shape index (κ3) is 3.91. The molecular formula is C23H25NO6. The zero-order valence-corrected chi connectivity index (χ0v) is 17.9. The van der Waals surface area contributed by atoms with E-state index in [0.717, 1.165) is 22.3 Å². The Morgan fingerprint density at radius 2 is 0.767 bits per heavy atom. The van der Waals surface area contributed by atoms with Gasteiger partial charge in [-0.2, -0.15) is 0 Å². The van der Waals surface area contributed by atoms with Crippen molar-refractivity contribution in [3.05, 3.63) is 42.7 Å². The summed E-state index contributed by atoms with van der Waals surface area (Å²) in [6.07, 6.45) is 3.56. The van der Waals surface area contributed by atoms with E-state index in [1.165, 1.54) is 0 Å². The van der Waals surface area contributed by atoms with E-state index in [1.807, 2.05) is 30.3 Å². The molecule has 0 unspecified atom stereocenters. The summed E-state index contributed by atoms with van der Waals surface area (Å²) in [4.78, 5) is 4.42. The smallest absolute Gasteiger partial charge is 0.203 e. The molecule has 0 aliphatic rings. The van der Waals surface area contributed by atoms with E-state index in [-0.39, 0.29) is 0 Å². The number of aromatic nitrogens is 1. The highest BCUT2D eigenvalue weighted by Crippen LogP contribution is 2.43. The van der Waals surface area contributed by atoms with E-state index in [9.17, 15) is 0 Å². The second kappa shape index (κ2) is 9.26. The number of hydrogen-bond donors (Lipinski definition) is 0. The third-order valence-corrected chi connectivity index (χ3v) is 4.73. The topological polar surface area (TPSA) is 68.3 Å². The molecule has 0 N–H and O–H groups in total. The van der Waals surface area contributed by atoms with Crippen LogP contribution in [0.3, 0.4) is 0 Å². The lowest BCUT2D eigenvalue weighted by Gasteiger charge is -2.15. The molecule has 0 aliphatic heterocycles. The second-order valence-corrected chi connectivity index (χ2v) is 6.29. The SMILES string of the molecule is COc1cc(-c2cncc(-c3cc(OC)c(OC)c(OC)c3)c2)cc(OC)c1OC. The summed E-state index contributed by atoms with van der Waals surface area (Å²) in [5.41, 5.74) is 3.54. The minimum atomic E-state index is 0.539. The van der Waals surface area contributed by atoms with Gasteiger partial charge in [0.05, 0.1) is 42.7 Å². The average Bonchev–Trinajstić information content (AvgIpc) is 2.81. The number of nitrogens with zero attached hydrogens (tertiary/aromatic N) is 1. The number of methoxy groups -OCH3 is 6. The molecule has 0 radical (unpaired) electrons. The number of hydrogen-bond acceptors (Lipinski definition) is 7. The molecule has 0 bridgehead atoms. The lowest BCUT2D eigenvalue weighted by atomic mass is 10.0. The predicted octanol–water partition coefficient (Wildman–Crippen LogP) is 4.47. The van der Waals surface area contributed by atoms with Crippen LogP contribution in [0.5, 0.6) is 34.5 Å². The van der Waals surface area contributed by atoms with Crippen LogP contribution in [-0.4, -0.2) is 47.6 Å². The van der Waals surface area contributed by atoms with Gasteiger partial charge in [0.1, 0.15) is 0 Å². The van der Waals surface area contributed by atoms with Crippen LogP contribution < -0.4 is 28.4 Å². The normalized spacial score (nSPS) is 10.3. The molecule has 0 saturated heterocycles. The first-order chi connectivity index (χ1) is 14.6. The quantitative estimate of drug-likeness (QED) is 0.542. The number of benzene rings is 2. The molecule has 0 saturated carbocycles. The highest BCUT2D eigenvalue weighted by atomic mass is 16.5. The molecule has 2 aromatic carbocycles. The second-order valence-electron chi connectivity index (χ2n) is 6.29. The van der Waals surface area contributed by atoms with E-state index < -0.39 is 0 Å². The highest BCUT2D eigenvalue weighted by molar-refractivity contribution is 5.77. The van der Waals surface area contributed by atoms with Crippen molar-refractivity contribution in [3.8, 4) is 56.8 Å². The van der Waals surface area contributed by atoms with Crippen LogP contribution in [-0.2, 0) is 0 Å². The van der Waals surface area contributed by atoms with Gasteiger partial charge in [-0.05, 0) is 41.5 Å². The lowest BCUT2D eigenvalue weighted by Crippen LogP contribution is -1.97. The molecule has 3 aromatic rings. The molecular weight excluding hydrogens is 386 g/mol. The Balaban J connectivity index is 2.12. The number of rotatable bonds is 8. The Bertz CT molecular complexity index is 905. The maximum atomic E-state index is 5.47. The number of pyridine rings is 1. The van der Waals surface area contributed by atoms with Gasteiger partial charge < -0.3 is 28.4 Å². The molecule has 0 aliphatic carbocycles. The van der Waals surface area contributed by atoms with Gasteiger partial charge in [-0.15, -0.1) is 0 Å². The molecule has 1 heterocycles. The molecule has 0 amide bonds. The van der Waals surface area contributed by atoms with Gasteiger partial charge in [-0.3, -0.25) is 4.98 Å². The first-order valence-electron chi connectivity index (χ1n) is 9.15. The minimum Gasteiger partial charge on any atom is -0.493 e. The van der Waals surface area contributed by atoms with Gasteiger partial charge in [0, 0.05) is 23.5 Å². The lowest BCUT2D eigenvalue weighted by molar-refractivity contribution is 0.324. The van der Waals surface area contributed by atoms with Crippen LogP contribution in [0.25, 0.3) is 22.3 Å². The Morgan fingerprint density at radius 3 is 1.03 bits per heavy atom. The van der Waals surface area contributed by atoms with Crippen molar-refractivity contribution in [2.75, 3.05) is 42.7 Å². The summed E-state index contributed by atoms with van der Waals surface area (Å²) >= 11 is 0. The molecule has 0 spiro atoms. The van der Waals surface area contributed by atoms with Gasteiger partial charge in [0.25, 0.3) is 0 Å². The largest absolute Gasteiger partial charge is 0.493 e. The third-order valence-electron chi connectivity index (χ3n) is 4.73. The zero-order chi connectivity index (χ0) is 21.7. The Labute approximate surface area is 176 Å². The van der Waals surface area contributed by atoms with E-state index >= 15 is 0 Å². The van der Waals surface area contributed by atoms with Crippen molar-refractivity contribution in [3.63, 3.8) is 0 Å². The number of ether oxygens (including phenoxy) is 6. The van der Waals surface area contributed by atoms with Crippen LogP contribution in [0.2, 0.25) is 0 Å². The fourth-order valence-corrected chi connectivity index (χ4v) is 3.25. The van der Waals surface area contributed by atoms with Crippen LogP contribution in [0.15, 0.2) is 42.7 Å². The van der Waals surface area contributed by atoms with Crippen molar-refractivity contribution < 1.29 is 28.4 Å². The fourth-order valence-electron chi connectivity index (χ4n) is 3.25. The van der Waals surface area contributed by atoms with Gasteiger partial charge in [0.2, 0.25) is 11.5 Å². The molecule has 0 atom stereocenters. The molecule has 7 heteroatoms. The first kappa shape index (κ1) is 21.1. The van der Waals surface area contributed by atoms with Crippen LogP contribution in [0, 0.1) is 0 Å². The van der Waals surface area contributed by atoms with Crippen LogP contribution in [0.1, 0.15) is 0 Å². The van der Waals surface area contributed by atoms with Gasteiger partial charge >= 0.3 is 0 Å². The monoisotopic (exact) mass is 411 g/mol. The Morgan fingerprint density at radius 1 is 0.433 bits per heavy atom. The maximum Gasteiger partial charge on any atom is 0.203 e. The van der Waals surface area contributed by atoms with Crippen LogP contribution in [0.4, 0.5) is 0 Å². The van der Waals surface area contributed by atoms with E-state index in [1.54, 1.807) is 55.1 Å². The molecule has 158 valence electrons. The van der Waals surface area contributed by atoms with E-state index in [0.29, 0.717) is 34.5 Å². The van der Waals surface area contributed by atoms with Crippen molar-refractivity contribution in [1.29, 1.82) is 0 Å². The summed E-state index contributed by atoms with van der Waals surface area (Å²) in [5.74, 6) is 3.38. The molecule has 7 nitrogen and oxygen atoms in total. The standard InChI is InChI=1S/C23H25NO6/c1-25-18-8-14(9-19(26-2)22(18)29-5)16-7-17(13-24-12-16)15-10-20(27-3)23(30-6)21(11-15)28-4/h7-13H,1-6H3. The summed E-state index contributed by atoms with van der Waals surface area (Å²) in [5, 5.41) is 0. The summed E-state index contributed by atoms with van der Waals surface area (Å²) in [7, 11) is 9.51. The minimum absolute atomic E-state index is 0.539. The summed E-state index contributed by atoms with van der Waals surface area (Å²) in [6.45, 7) is 0. The van der Waals surface area contributed by atoms with Crippen molar-refractivity contribution in [2.45, 2.75) is 0 Å². The predicted molar refractivity (Wildman–Crippen MR) is 114 cm³/mol. The zero-order valence-electron chi connectivity index (χ0n) is 17.9. The van der Waals surface area contributed by atoms with E-state index in [4.69, 9.17) is 28.4 Å². The molecule has 30 heavy (non-hydrogen) atoms. The Kier molecular flexibility index (Phi) is 6.51. The van der Waals surface area contributed by atoms with E-state index in [2.05, 4.69) is 4.98 Å². The summed E-state index contributed by atoms with van der Waals surface area (Å²) in [6, 6.07) is 9.57. The van der Waals surface area contributed by atoms with Crippen molar-refractivity contribution in [1.82, 2.24) is 4.98 Å². The van der Waals surface area contributed by atoms with Crippen molar-refractivity contribution in [2.24, 2.45) is 0 Å². The summed E-state index contributed by atoms with van der Waals surface area (Å²) < 4.78 is 32.7. The average molecular weight is 411 g/mol. The van der Waals surface area contributed by atoms with Gasteiger partial charge in [-0.1, -0.05) is 0 Å². The highest BCUT2D eigenvalue weighted by Gasteiger charge is 2.17. The van der Waals surface area contributed by atoms with Crippen molar-refractivity contribution >= 4 is 0 Å². The first-order valence-corrected chi connectivity index (χ1v) is 9.15. The molecule has 3 rings (SSSR count). The molecule has 0 fully saturated rings. The van der Waals surface area contributed by atoms with Crippen LogP contribution >= 0.6 is 0 Å². The molecule has 1 aromatic heterocycles. The van der Waals surface area contributed by atoms with Gasteiger partial charge in [-0.25, -0.2) is 0 Å². The van der Waals surface area contributed by atoms with Gasteiger partial charge in [0.15, 0.2) is 23.0 Å².